The molecule has 7 heteroatoms. The van der Waals surface area contributed by atoms with Gasteiger partial charge in [0.2, 0.25) is 11.0 Å². The molecule has 0 aliphatic carbocycles. The van der Waals surface area contributed by atoms with E-state index < -0.39 is 5.38 Å². The predicted molar refractivity (Wildman–Crippen MR) is 64.1 cm³/mol. The molecule has 90 valence electrons. The van der Waals surface area contributed by atoms with E-state index in [-0.39, 0.29) is 5.91 Å². The van der Waals surface area contributed by atoms with Gasteiger partial charge in [0.25, 0.3) is 0 Å². The van der Waals surface area contributed by atoms with E-state index in [9.17, 15) is 4.79 Å². The van der Waals surface area contributed by atoms with Crippen LogP contribution in [0.5, 0.6) is 0 Å². The fourth-order valence-corrected chi connectivity index (χ4v) is 1.69. The van der Waals surface area contributed by atoms with E-state index in [0.717, 1.165) is 5.01 Å². The lowest BCUT2D eigenvalue weighted by molar-refractivity contribution is -0.115. The molecule has 1 aromatic rings. The Morgan fingerprint density at radius 1 is 1.62 bits per heavy atom. The highest BCUT2D eigenvalue weighted by Gasteiger charge is 2.12. The molecule has 1 atom stereocenters. The maximum Gasteiger partial charge on any atom is 0.243 e. The van der Waals surface area contributed by atoms with Crippen molar-refractivity contribution in [1.82, 2.24) is 10.2 Å². The van der Waals surface area contributed by atoms with Crippen LogP contribution in [0.15, 0.2) is 0 Å². The first-order valence-electron chi connectivity index (χ1n) is 4.98. The second-order valence-electron chi connectivity index (χ2n) is 3.05. The molecular weight excluding hydrogens is 250 g/mol. The van der Waals surface area contributed by atoms with Gasteiger partial charge in [-0.25, -0.2) is 0 Å². The lowest BCUT2D eigenvalue weighted by Gasteiger charge is -2.00. The van der Waals surface area contributed by atoms with Crippen molar-refractivity contribution in [1.29, 1.82) is 0 Å². The third kappa shape index (κ3) is 4.42. The smallest absolute Gasteiger partial charge is 0.243 e. The van der Waals surface area contributed by atoms with Crippen molar-refractivity contribution in [2.45, 2.75) is 25.6 Å². The van der Waals surface area contributed by atoms with Crippen LogP contribution in [0.4, 0.5) is 5.13 Å². The van der Waals surface area contributed by atoms with Gasteiger partial charge in [0.05, 0.1) is 6.61 Å². The van der Waals surface area contributed by atoms with Gasteiger partial charge in [-0.05, 0) is 13.8 Å². The molecule has 0 spiro atoms. The Labute approximate surface area is 103 Å². The van der Waals surface area contributed by atoms with E-state index in [1.165, 1.54) is 11.3 Å². The van der Waals surface area contributed by atoms with Crippen LogP contribution in [0.3, 0.4) is 0 Å². The summed E-state index contributed by atoms with van der Waals surface area (Å²) in [6, 6.07) is 0. The molecular formula is C9H14ClN3O2S. The molecule has 0 bridgehead atoms. The van der Waals surface area contributed by atoms with E-state index in [1.807, 2.05) is 6.92 Å². The van der Waals surface area contributed by atoms with Crippen molar-refractivity contribution in [3.63, 3.8) is 0 Å². The quantitative estimate of drug-likeness (QED) is 0.627. The molecule has 0 radical (unpaired) electrons. The third-order valence-electron chi connectivity index (χ3n) is 1.72. The van der Waals surface area contributed by atoms with E-state index in [4.69, 9.17) is 16.3 Å². The largest absolute Gasteiger partial charge is 0.381 e. The van der Waals surface area contributed by atoms with Crippen LogP contribution in [-0.2, 0) is 16.0 Å². The van der Waals surface area contributed by atoms with E-state index in [0.29, 0.717) is 24.8 Å². The van der Waals surface area contributed by atoms with Crippen molar-refractivity contribution in [3.8, 4) is 0 Å². The zero-order valence-corrected chi connectivity index (χ0v) is 10.8. The number of halogens is 1. The number of aromatic nitrogens is 2. The SMILES string of the molecule is CCOCCc1nnc(NC(=O)C(C)Cl)s1. The number of rotatable bonds is 6. The minimum absolute atomic E-state index is 0.269. The van der Waals surface area contributed by atoms with Gasteiger partial charge >= 0.3 is 0 Å². The third-order valence-corrected chi connectivity index (χ3v) is 2.82. The van der Waals surface area contributed by atoms with Gasteiger partial charge in [-0.3, -0.25) is 10.1 Å². The van der Waals surface area contributed by atoms with Crippen molar-refractivity contribution >= 4 is 34.0 Å². The Balaban J connectivity index is 2.42. The maximum atomic E-state index is 11.3. The van der Waals surface area contributed by atoms with Crippen molar-refractivity contribution in [2.24, 2.45) is 0 Å². The first-order chi connectivity index (χ1) is 7.63. The number of carbonyl (C=O) groups excluding carboxylic acids is 1. The number of nitrogens with zero attached hydrogens (tertiary/aromatic N) is 2. The summed E-state index contributed by atoms with van der Waals surface area (Å²) in [5.41, 5.74) is 0. The zero-order chi connectivity index (χ0) is 12.0. The summed E-state index contributed by atoms with van der Waals surface area (Å²) in [5, 5.41) is 11.1. The van der Waals surface area contributed by atoms with Gasteiger partial charge in [0.15, 0.2) is 0 Å². The highest BCUT2D eigenvalue weighted by Crippen LogP contribution is 2.16. The van der Waals surface area contributed by atoms with Gasteiger partial charge < -0.3 is 4.74 Å². The molecule has 16 heavy (non-hydrogen) atoms. The second kappa shape index (κ2) is 6.78. The van der Waals surface area contributed by atoms with Crippen LogP contribution in [0.1, 0.15) is 18.9 Å². The van der Waals surface area contributed by atoms with Crippen molar-refractivity contribution in [3.05, 3.63) is 5.01 Å². The molecule has 1 unspecified atom stereocenters. The molecule has 1 heterocycles. The Morgan fingerprint density at radius 2 is 2.38 bits per heavy atom. The summed E-state index contributed by atoms with van der Waals surface area (Å²) >= 11 is 6.95. The van der Waals surface area contributed by atoms with Gasteiger partial charge in [-0.1, -0.05) is 11.3 Å². The molecule has 0 aliphatic rings. The van der Waals surface area contributed by atoms with E-state index >= 15 is 0 Å². The van der Waals surface area contributed by atoms with Crippen LogP contribution in [0.2, 0.25) is 0 Å². The Hall–Kier alpha value is -0.720. The highest BCUT2D eigenvalue weighted by molar-refractivity contribution is 7.15. The number of ether oxygens (including phenoxy) is 1. The molecule has 0 saturated heterocycles. The first-order valence-corrected chi connectivity index (χ1v) is 6.23. The number of nitrogens with one attached hydrogen (secondary N) is 1. The average molecular weight is 264 g/mol. The molecule has 1 N–H and O–H groups in total. The standard InChI is InChI=1S/C9H14ClN3O2S/c1-3-15-5-4-7-12-13-9(16-7)11-8(14)6(2)10/h6H,3-5H2,1-2H3,(H,11,13,14). The van der Waals surface area contributed by atoms with Gasteiger partial charge in [-0.15, -0.1) is 21.8 Å². The first kappa shape index (κ1) is 13.3. The topological polar surface area (TPSA) is 64.1 Å². The molecule has 1 aromatic heterocycles. The van der Waals surface area contributed by atoms with Crippen LogP contribution >= 0.6 is 22.9 Å². The van der Waals surface area contributed by atoms with E-state index in [1.54, 1.807) is 6.92 Å². The Bertz CT molecular complexity index is 343. The minimum Gasteiger partial charge on any atom is -0.381 e. The van der Waals surface area contributed by atoms with Gasteiger partial charge in [0, 0.05) is 13.0 Å². The molecule has 1 rings (SSSR count). The molecule has 1 amide bonds. The van der Waals surface area contributed by atoms with Crippen LogP contribution in [0, 0.1) is 0 Å². The second-order valence-corrected chi connectivity index (χ2v) is 4.77. The van der Waals surface area contributed by atoms with Crippen LogP contribution in [-0.4, -0.2) is 34.7 Å². The van der Waals surface area contributed by atoms with Crippen LogP contribution in [0.25, 0.3) is 0 Å². The Kier molecular flexibility index (Phi) is 5.65. The molecule has 0 saturated carbocycles. The summed E-state index contributed by atoms with van der Waals surface area (Å²) in [6.07, 6.45) is 0.706. The summed E-state index contributed by atoms with van der Waals surface area (Å²) in [5.74, 6) is -0.269. The normalized spacial score (nSPS) is 12.4. The fraction of sp³-hybridized carbons (Fsp3) is 0.667. The number of hydrogen-bond donors (Lipinski definition) is 1. The van der Waals surface area contributed by atoms with Gasteiger partial charge in [-0.2, -0.15) is 0 Å². The summed E-state index contributed by atoms with van der Waals surface area (Å²) in [6.45, 7) is 4.85. The summed E-state index contributed by atoms with van der Waals surface area (Å²) < 4.78 is 5.20. The molecule has 0 aliphatic heterocycles. The summed E-state index contributed by atoms with van der Waals surface area (Å²) in [4.78, 5) is 11.3. The summed E-state index contributed by atoms with van der Waals surface area (Å²) in [7, 11) is 0. The highest BCUT2D eigenvalue weighted by atomic mass is 35.5. The lowest BCUT2D eigenvalue weighted by Crippen LogP contribution is -2.20. The number of amides is 1. The molecule has 0 aromatic carbocycles. The van der Waals surface area contributed by atoms with E-state index in [2.05, 4.69) is 15.5 Å². The molecule has 5 nitrogen and oxygen atoms in total. The number of anilines is 1. The zero-order valence-electron chi connectivity index (χ0n) is 9.20. The average Bonchev–Trinajstić information content (AvgIpc) is 2.66. The van der Waals surface area contributed by atoms with Crippen molar-refractivity contribution in [2.75, 3.05) is 18.5 Å². The van der Waals surface area contributed by atoms with Gasteiger partial charge in [0.1, 0.15) is 10.4 Å². The van der Waals surface area contributed by atoms with Crippen molar-refractivity contribution < 1.29 is 9.53 Å². The molecule has 0 fully saturated rings. The lowest BCUT2D eigenvalue weighted by atomic mass is 10.4. The Morgan fingerprint density at radius 3 is 3.00 bits per heavy atom. The maximum absolute atomic E-state index is 11.3. The fourth-order valence-electron chi connectivity index (χ4n) is 0.914. The predicted octanol–water partition coefficient (Wildman–Crippen LogP) is 1.68. The number of carbonyl (C=O) groups is 1. The number of hydrogen-bond acceptors (Lipinski definition) is 5. The van der Waals surface area contributed by atoms with Crippen LogP contribution < -0.4 is 5.32 Å². The monoisotopic (exact) mass is 263 g/mol. The number of alkyl halides is 1. The minimum atomic E-state index is -0.573.